The van der Waals surface area contributed by atoms with Gasteiger partial charge >= 0.3 is 0 Å². The van der Waals surface area contributed by atoms with Crippen molar-refractivity contribution in [3.63, 3.8) is 0 Å². The molecule has 1 heterocycles. The van der Waals surface area contributed by atoms with Crippen LogP contribution in [0.15, 0.2) is 0 Å². The Balaban J connectivity index is 2.61. The van der Waals surface area contributed by atoms with Crippen molar-refractivity contribution < 1.29 is 4.79 Å². The summed E-state index contributed by atoms with van der Waals surface area (Å²) < 4.78 is 0. The van der Waals surface area contributed by atoms with Crippen LogP contribution in [0, 0.1) is 0 Å². The van der Waals surface area contributed by atoms with Gasteiger partial charge < -0.3 is 11.1 Å². The predicted octanol–water partition coefficient (Wildman–Crippen LogP) is -1.33. The summed E-state index contributed by atoms with van der Waals surface area (Å²) in [6, 6.07) is 0. The minimum atomic E-state index is -0.461. The van der Waals surface area contributed by atoms with E-state index in [1.165, 1.54) is 0 Å². The first-order valence-corrected chi connectivity index (χ1v) is 3.81. The van der Waals surface area contributed by atoms with Gasteiger partial charge in [-0.05, 0) is 19.1 Å². The second-order valence-corrected chi connectivity index (χ2v) is 3.28. The van der Waals surface area contributed by atoms with Crippen molar-refractivity contribution in [3.05, 3.63) is 5.82 Å². The van der Waals surface area contributed by atoms with E-state index in [-0.39, 0.29) is 11.7 Å². The van der Waals surface area contributed by atoms with Crippen LogP contribution < -0.4 is 11.1 Å². The van der Waals surface area contributed by atoms with E-state index >= 15 is 0 Å². The number of aromatic amines is 1. The van der Waals surface area contributed by atoms with Gasteiger partial charge in [-0.25, -0.2) is 0 Å². The average Bonchev–Trinajstić information content (AvgIpc) is 2.55. The van der Waals surface area contributed by atoms with Crippen LogP contribution in [0.4, 0.5) is 0 Å². The molecule has 0 aliphatic heterocycles. The minimum Gasteiger partial charge on any atom is -0.343 e. The zero-order valence-electron chi connectivity index (χ0n) is 7.53. The van der Waals surface area contributed by atoms with E-state index in [1.807, 2.05) is 13.8 Å². The van der Waals surface area contributed by atoms with Crippen molar-refractivity contribution in [1.82, 2.24) is 25.9 Å². The molecule has 0 radical (unpaired) electrons. The highest BCUT2D eigenvalue weighted by Crippen LogP contribution is 1.99. The lowest BCUT2D eigenvalue weighted by molar-refractivity contribution is 0.0905. The number of nitrogens with one attached hydrogen (secondary N) is 2. The number of carbonyl (C=O) groups excluding carboxylic acids is 1. The standard InChI is InChI=1S/C6H12N6O/c1-6(2,3-7)8-5(13)4-9-11-12-10-4/h3,7H2,1-2H3,(H,8,13)(H,9,10,11,12). The molecule has 13 heavy (non-hydrogen) atoms. The van der Waals surface area contributed by atoms with Crippen LogP contribution in [0.25, 0.3) is 0 Å². The zero-order valence-corrected chi connectivity index (χ0v) is 7.53. The molecule has 0 bridgehead atoms. The van der Waals surface area contributed by atoms with E-state index in [0.717, 1.165) is 0 Å². The number of H-pyrrole nitrogens is 1. The van der Waals surface area contributed by atoms with Crippen molar-refractivity contribution >= 4 is 5.91 Å². The third kappa shape index (κ3) is 2.48. The molecule has 0 fully saturated rings. The van der Waals surface area contributed by atoms with Gasteiger partial charge in [0.15, 0.2) is 0 Å². The van der Waals surface area contributed by atoms with Crippen molar-refractivity contribution in [1.29, 1.82) is 0 Å². The molecule has 0 saturated heterocycles. The fourth-order valence-corrected chi connectivity index (χ4v) is 0.672. The summed E-state index contributed by atoms with van der Waals surface area (Å²) in [6.07, 6.45) is 0. The Morgan fingerprint density at radius 2 is 2.38 bits per heavy atom. The van der Waals surface area contributed by atoms with Gasteiger partial charge in [-0.15, -0.1) is 10.2 Å². The fourth-order valence-electron chi connectivity index (χ4n) is 0.672. The zero-order chi connectivity index (χ0) is 9.90. The predicted molar refractivity (Wildman–Crippen MR) is 44.8 cm³/mol. The SMILES string of the molecule is CC(C)(CN)NC(=O)c1nn[nH]n1. The van der Waals surface area contributed by atoms with Crippen molar-refractivity contribution in [2.24, 2.45) is 5.73 Å². The topological polar surface area (TPSA) is 110 Å². The Morgan fingerprint density at radius 3 is 2.85 bits per heavy atom. The lowest BCUT2D eigenvalue weighted by Crippen LogP contribution is -2.49. The molecule has 4 N–H and O–H groups in total. The molecule has 7 heteroatoms. The van der Waals surface area contributed by atoms with E-state index in [0.29, 0.717) is 6.54 Å². The third-order valence-corrected chi connectivity index (χ3v) is 1.51. The normalized spacial score (nSPS) is 11.3. The molecule has 0 unspecified atom stereocenters. The number of nitrogens with zero attached hydrogens (tertiary/aromatic N) is 3. The highest BCUT2D eigenvalue weighted by molar-refractivity contribution is 5.90. The maximum atomic E-state index is 11.3. The number of tetrazole rings is 1. The van der Waals surface area contributed by atoms with Crippen molar-refractivity contribution in [2.45, 2.75) is 19.4 Å². The highest BCUT2D eigenvalue weighted by atomic mass is 16.2. The number of aromatic nitrogens is 4. The summed E-state index contributed by atoms with van der Waals surface area (Å²) in [5, 5.41) is 15.2. The molecule has 1 aromatic rings. The molecule has 0 atom stereocenters. The maximum Gasteiger partial charge on any atom is 0.293 e. The Labute approximate surface area is 75.1 Å². The van der Waals surface area contributed by atoms with Gasteiger partial charge in [0.2, 0.25) is 0 Å². The molecular formula is C6H12N6O. The van der Waals surface area contributed by atoms with Crippen LogP contribution in [0.3, 0.4) is 0 Å². The van der Waals surface area contributed by atoms with Gasteiger partial charge in [0.05, 0.1) is 0 Å². The molecule has 1 aromatic heterocycles. The fraction of sp³-hybridized carbons (Fsp3) is 0.667. The second kappa shape index (κ2) is 3.48. The van der Waals surface area contributed by atoms with Gasteiger partial charge in [0.25, 0.3) is 11.7 Å². The van der Waals surface area contributed by atoms with Crippen LogP contribution in [-0.2, 0) is 0 Å². The van der Waals surface area contributed by atoms with E-state index in [9.17, 15) is 4.79 Å². The number of carbonyl (C=O) groups is 1. The largest absolute Gasteiger partial charge is 0.343 e. The maximum absolute atomic E-state index is 11.3. The Hall–Kier alpha value is -1.50. The molecule has 0 saturated carbocycles. The molecular weight excluding hydrogens is 172 g/mol. The molecule has 1 amide bonds. The number of hydrogen-bond donors (Lipinski definition) is 3. The molecule has 0 aromatic carbocycles. The molecule has 0 spiro atoms. The number of rotatable bonds is 3. The van der Waals surface area contributed by atoms with E-state index in [2.05, 4.69) is 25.9 Å². The van der Waals surface area contributed by atoms with Crippen LogP contribution in [0.1, 0.15) is 24.5 Å². The number of amides is 1. The number of hydrogen-bond acceptors (Lipinski definition) is 5. The Morgan fingerprint density at radius 1 is 1.69 bits per heavy atom. The van der Waals surface area contributed by atoms with Crippen LogP contribution >= 0.6 is 0 Å². The quantitative estimate of drug-likeness (QED) is 0.539. The molecule has 0 aliphatic carbocycles. The van der Waals surface area contributed by atoms with Gasteiger partial charge in [-0.1, -0.05) is 0 Å². The summed E-state index contributed by atoms with van der Waals surface area (Å²) in [7, 11) is 0. The molecule has 7 nitrogen and oxygen atoms in total. The third-order valence-electron chi connectivity index (χ3n) is 1.51. The van der Waals surface area contributed by atoms with Crippen LogP contribution in [0.5, 0.6) is 0 Å². The lowest BCUT2D eigenvalue weighted by Gasteiger charge is -2.22. The first-order chi connectivity index (χ1) is 6.05. The first kappa shape index (κ1) is 9.59. The van der Waals surface area contributed by atoms with Crippen LogP contribution in [0.2, 0.25) is 0 Å². The van der Waals surface area contributed by atoms with Gasteiger partial charge in [0, 0.05) is 12.1 Å². The first-order valence-electron chi connectivity index (χ1n) is 3.81. The summed E-state index contributed by atoms with van der Waals surface area (Å²) in [6.45, 7) is 3.96. The van der Waals surface area contributed by atoms with Crippen LogP contribution in [-0.4, -0.2) is 38.6 Å². The van der Waals surface area contributed by atoms with Gasteiger partial charge in [-0.2, -0.15) is 5.21 Å². The molecule has 0 aliphatic rings. The lowest BCUT2D eigenvalue weighted by atomic mass is 10.1. The molecule has 1 rings (SSSR count). The molecule has 72 valence electrons. The number of nitrogens with two attached hydrogens (primary N) is 1. The second-order valence-electron chi connectivity index (χ2n) is 3.28. The van der Waals surface area contributed by atoms with E-state index in [4.69, 9.17) is 5.73 Å². The summed E-state index contributed by atoms with van der Waals surface area (Å²) in [4.78, 5) is 11.3. The van der Waals surface area contributed by atoms with E-state index < -0.39 is 5.54 Å². The van der Waals surface area contributed by atoms with Crippen molar-refractivity contribution in [3.8, 4) is 0 Å². The summed E-state index contributed by atoms with van der Waals surface area (Å²) >= 11 is 0. The minimum absolute atomic E-state index is 0.0153. The average molecular weight is 184 g/mol. The summed E-state index contributed by atoms with van der Waals surface area (Å²) in [5.74, 6) is -0.370. The smallest absolute Gasteiger partial charge is 0.293 e. The van der Waals surface area contributed by atoms with Crippen molar-refractivity contribution in [2.75, 3.05) is 6.54 Å². The Kier molecular flexibility index (Phi) is 2.57. The summed E-state index contributed by atoms with van der Waals surface area (Å²) in [5.41, 5.74) is 4.97. The van der Waals surface area contributed by atoms with Gasteiger partial charge in [-0.3, -0.25) is 4.79 Å². The van der Waals surface area contributed by atoms with Gasteiger partial charge in [0.1, 0.15) is 0 Å². The monoisotopic (exact) mass is 184 g/mol. The highest BCUT2D eigenvalue weighted by Gasteiger charge is 2.21. The van der Waals surface area contributed by atoms with E-state index in [1.54, 1.807) is 0 Å². The Bertz CT molecular complexity index is 279.